The van der Waals surface area contributed by atoms with Crippen LogP contribution in [-0.4, -0.2) is 64.7 Å². The van der Waals surface area contributed by atoms with Crippen LogP contribution in [0.25, 0.3) is 0 Å². The molecule has 216 valence electrons. The Balaban J connectivity index is 0.00000387. The Kier molecular flexibility index (Phi) is 8.22. The molecule has 0 heterocycles. The molecule has 0 saturated heterocycles. The van der Waals surface area contributed by atoms with Gasteiger partial charge in [0.15, 0.2) is 18.1 Å². The number of rotatable bonds is 5. The molecule has 0 aliphatic heterocycles. The largest absolute Gasteiger partial charge is 1.00 e. The summed E-state index contributed by atoms with van der Waals surface area (Å²) in [5, 5.41) is 23.4. The predicted octanol–water partition coefficient (Wildman–Crippen LogP) is -0.331. The summed E-state index contributed by atoms with van der Waals surface area (Å²) in [6.07, 6.45) is 3.60. The second-order valence-electron chi connectivity index (χ2n) is 12.1. The van der Waals surface area contributed by atoms with Gasteiger partial charge in [0.05, 0.1) is 16.6 Å². The zero-order valence-electron chi connectivity index (χ0n) is 23.4. The maximum atomic E-state index is 17.3. The number of hydrogen-bond donors (Lipinski definition) is 2. The zero-order chi connectivity index (χ0) is 29.5. The van der Waals surface area contributed by atoms with E-state index in [1.54, 1.807) is 20.8 Å². The van der Waals surface area contributed by atoms with Crippen LogP contribution in [-0.2, 0) is 24.4 Å². The SMILES string of the molecule is CC1CC2C3CCC4=CC(=O)C=CC4(C)C3(F)C(O)CC2(C)C1(O)C(=O)COC(=O)c1cccc(S(=O)(=O)[O-])c1.[Na+]. The number of aliphatic hydroxyl groups excluding tert-OH is 1. The van der Waals surface area contributed by atoms with Gasteiger partial charge in [-0.2, -0.15) is 0 Å². The summed E-state index contributed by atoms with van der Waals surface area (Å²) >= 11 is 0. The van der Waals surface area contributed by atoms with E-state index in [0.29, 0.717) is 24.8 Å². The van der Waals surface area contributed by atoms with Gasteiger partial charge in [0, 0.05) is 16.7 Å². The summed E-state index contributed by atoms with van der Waals surface area (Å²) < 4.78 is 56.3. The number of alkyl halides is 1. The number of hydrogen-bond acceptors (Lipinski definition) is 9. The first-order chi connectivity index (χ1) is 18.5. The van der Waals surface area contributed by atoms with Crippen LogP contribution in [0.4, 0.5) is 4.39 Å². The van der Waals surface area contributed by atoms with Crippen LogP contribution >= 0.6 is 0 Å². The topological polar surface area (TPSA) is 158 Å². The predicted molar refractivity (Wildman–Crippen MR) is 138 cm³/mol. The van der Waals surface area contributed by atoms with Crippen molar-refractivity contribution in [1.29, 1.82) is 0 Å². The summed E-state index contributed by atoms with van der Waals surface area (Å²) in [6.45, 7) is 4.18. The van der Waals surface area contributed by atoms with Gasteiger partial charge < -0.3 is 19.5 Å². The van der Waals surface area contributed by atoms with Gasteiger partial charge in [0.2, 0.25) is 5.78 Å². The van der Waals surface area contributed by atoms with Crippen molar-refractivity contribution in [1.82, 2.24) is 0 Å². The van der Waals surface area contributed by atoms with Crippen LogP contribution in [0.5, 0.6) is 0 Å². The normalized spacial score (nSPS) is 39.5. The summed E-state index contributed by atoms with van der Waals surface area (Å²) in [4.78, 5) is 37.5. The monoisotopic (exact) mass is 598 g/mol. The van der Waals surface area contributed by atoms with Crippen molar-refractivity contribution in [2.75, 3.05) is 6.61 Å². The van der Waals surface area contributed by atoms with Gasteiger partial charge in [-0.3, -0.25) is 9.59 Å². The van der Waals surface area contributed by atoms with E-state index >= 15 is 4.39 Å². The maximum absolute atomic E-state index is 17.3. The second kappa shape index (κ2) is 10.5. The first-order valence-corrected chi connectivity index (χ1v) is 14.7. The Morgan fingerprint density at radius 3 is 2.56 bits per heavy atom. The van der Waals surface area contributed by atoms with Crippen molar-refractivity contribution in [3.05, 3.63) is 53.6 Å². The van der Waals surface area contributed by atoms with Crippen molar-refractivity contribution in [3.63, 3.8) is 0 Å². The molecule has 3 fully saturated rings. The molecule has 0 aromatic heterocycles. The fourth-order valence-electron chi connectivity index (χ4n) is 8.24. The number of benzene rings is 1. The molecule has 12 heteroatoms. The molecule has 9 nitrogen and oxygen atoms in total. The quantitative estimate of drug-likeness (QED) is 0.263. The molecule has 4 aliphatic rings. The molecular weight excluding hydrogens is 566 g/mol. The van der Waals surface area contributed by atoms with Crippen molar-refractivity contribution < 1.29 is 76.3 Å². The van der Waals surface area contributed by atoms with Gasteiger partial charge in [-0.25, -0.2) is 17.6 Å². The number of halogens is 1. The van der Waals surface area contributed by atoms with Gasteiger partial charge >= 0.3 is 35.5 Å². The van der Waals surface area contributed by atoms with Crippen LogP contribution in [0, 0.1) is 28.6 Å². The number of aliphatic hydroxyl groups is 2. The van der Waals surface area contributed by atoms with Gasteiger partial charge in [-0.1, -0.05) is 31.6 Å². The molecule has 8 atom stereocenters. The standard InChI is InChI=1S/C29H33FO9S.Na/c1-16-11-22-21-8-7-18-13-19(31)9-10-26(18,2)28(21,30)23(32)14-27(22,3)29(16,35)24(33)15-39-25(34)17-5-4-6-20(12-17)40(36,37)38;/h4-6,9-10,12-13,16,21-23,32,35H,7-8,11,14-15H2,1-3H3,(H,36,37,38);/q;+1/p-1. The molecule has 0 bridgehead atoms. The van der Waals surface area contributed by atoms with E-state index in [1.807, 2.05) is 0 Å². The minimum atomic E-state index is -4.82. The summed E-state index contributed by atoms with van der Waals surface area (Å²) in [5.41, 5.74) is -6.24. The van der Waals surface area contributed by atoms with E-state index in [-0.39, 0.29) is 47.3 Å². The maximum Gasteiger partial charge on any atom is 1.00 e. The average Bonchev–Trinajstić information content (AvgIpc) is 3.09. The van der Waals surface area contributed by atoms with E-state index in [4.69, 9.17) is 4.74 Å². The molecule has 0 radical (unpaired) electrons. The number of ether oxygens (including phenoxy) is 1. The molecular formula is C29H32FNaO9S. The van der Waals surface area contributed by atoms with E-state index in [2.05, 4.69) is 0 Å². The Morgan fingerprint density at radius 2 is 1.90 bits per heavy atom. The summed E-state index contributed by atoms with van der Waals surface area (Å²) in [7, 11) is -4.82. The molecule has 5 rings (SSSR count). The summed E-state index contributed by atoms with van der Waals surface area (Å²) in [5.74, 6) is -3.93. The van der Waals surface area contributed by atoms with Gasteiger partial charge in [-0.05, 0) is 74.8 Å². The van der Waals surface area contributed by atoms with Crippen LogP contribution in [0.2, 0.25) is 0 Å². The van der Waals surface area contributed by atoms with E-state index in [0.717, 1.165) is 12.1 Å². The van der Waals surface area contributed by atoms with Crippen LogP contribution in [0.15, 0.2) is 53.0 Å². The third-order valence-corrected chi connectivity index (χ3v) is 11.2. The first kappa shape index (κ1) is 32.2. The van der Waals surface area contributed by atoms with Crippen LogP contribution < -0.4 is 29.6 Å². The Morgan fingerprint density at radius 1 is 1.22 bits per heavy atom. The molecule has 0 amide bonds. The Labute approximate surface area is 260 Å². The van der Waals surface area contributed by atoms with Gasteiger partial charge in [0.25, 0.3) is 0 Å². The zero-order valence-corrected chi connectivity index (χ0v) is 26.2. The van der Waals surface area contributed by atoms with E-state index in [9.17, 15) is 37.6 Å². The Hall–Kier alpha value is -1.73. The Bertz CT molecular complexity index is 1470. The summed E-state index contributed by atoms with van der Waals surface area (Å²) in [6, 6.07) is 4.29. The molecule has 4 aliphatic carbocycles. The average molecular weight is 599 g/mol. The number of esters is 1. The molecule has 41 heavy (non-hydrogen) atoms. The van der Waals surface area contributed by atoms with Crippen LogP contribution in [0.1, 0.15) is 56.8 Å². The van der Waals surface area contributed by atoms with Crippen molar-refractivity contribution in [3.8, 4) is 0 Å². The second-order valence-corrected chi connectivity index (χ2v) is 13.5. The molecule has 0 spiro atoms. The molecule has 1 aromatic rings. The molecule has 3 saturated carbocycles. The fraction of sp³-hybridized carbons (Fsp3) is 0.552. The van der Waals surface area contributed by atoms with Crippen molar-refractivity contribution in [2.24, 2.45) is 28.6 Å². The number of ketones is 2. The number of Topliss-reactive ketones (excluding diaryl/α,β-unsaturated/α-hetero) is 1. The van der Waals surface area contributed by atoms with Gasteiger partial charge in [0.1, 0.15) is 15.7 Å². The van der Waals surface area contributed by atoms with E-state index < -0.39 is 79.3 Å². The van der Waals surface area contributed by atoms with Crippen molar-refractivity contribution in [2.45, 2.75) is 68.7 Å². The first-order valence-electron chi connectivity index (χ1n) is 13.3. The number of allylic oxidation sites excluding steroid dienone is 4. The molecule has 8 unspecified atom stereocenters. The number of carbonyl (C=O) groups is 3. The van der Waals surface area contributed by atoms with Crippen molar-refractivity contribution >= 4 is 27.7 Å². The van der Waals surface area contributed by atoms with Gasteiger partial charge in [-0.15, -0.1) is 0 Å². The minimum absolute atomic E-state index is 0. The fourth-order valence-corrected chi connectivity index (χ4v) is 8.76. The minimum Gasteiger partial charge on any atom is -0.744 e. The van der Waals surface area contributed by atoms with E-state index in [1.165, 1.54) is 30.4 Å². The third kappa shape index (κ3) is 4.54. The smallest absolute Gasteiger partial charge is 0.744 e. The van der Waals surface area contributed by atoms with Crippen LogP contribution in [0.3, 0.4) is 0 Å². The molecule has 1 aromatic carbocycles. The third-order valence-electron chi connectivity index (χ3n) is 10.3. The molecule has 2 N–H and O–H groups in total. The number of carbonyl (C=O) groups excluding carboxylic acids is 3. The number of fused-ring (bicyclic) bond motifs is 5.